The van der Waals surface area contributed by atoms with Crippen molar-refractivity contribution < 1.29 is 19.7 Å². The Balaban J connectivity index is 1.24. The third-order valence-corrected chi connectivity index (χ3v) is 10.4. The van der Waals surface area contributed by atoms with E-state index in [4.69, 9.17) is 4.74 Å². The first-order chi connectivity index (χ1) is 17.5. The number of hydrogen-bond donors (Lipinski definition) is 3. The Morgan fingerprint density at radius 1 is 1.14 bits per heavy atom. The van der Waals surface area contributed by atoms with Crippen LogP contribution in [0.25, 0.3) is 0 Å². The summed E-state index contributed by atoms with van der Waals surface area (Å²) >= 11 is 0. The third kappa shape index (κ3) is 2.47. The molecule has 7 aliphatic rings. The van der Waals surface area contributed by atoms with Crippen LogP contribution in [0.2, 0.25) is 0 Å². The van der Waals surface area contributed by atoms with E-state index in [0.717, 1.165) is 43.0 Å². The molecule has 1 saturated heterocycles. The summed E-state index contributed by atoms with van der Waals surface area (Å²) in [4.78, 5) is 16.4. The normalized spacial score (nSPS) is 39.0. The lowest BCUT2D eigenvalue weighted by molar-refractivity contribution is -0.206. The predicted molar refractivity (Wildman–Crippen MR) is 134 cm³/mol. The van der Waals surface area contributed by atoms with Crippen LogP contribution >= 0.6 is 0 Å². The number of fused-ring (bicyclic) bond motifs is 1. The molecular formula is C30H32N2O4. The molecule has 2 aromatic rings. The molecule has 6 nitrogen and oxygen atoms in total. The summed E-state index contributed by atoms with van der Waals surface area (Å²) in [5, 5.41) is 26.2. The molecule has 4 bridgehead atoms. The maximum atomic E-state index is 13.7. The second-order valence-corrected chi connectivity index (χ2v) is 12.0. The first-order valence-electron chi connectivity index (χ1n) is 13.5. The van der Waals surface area contributed by atoms with Gasteiger partial charge < -0.3 is 20.3 Å². The van der Waals surface area contributed by atoms with Gasteiger partial charge in [-0.2, -0.15) is 0 Å². The maximum absolute atomic E-state index is 13.7. The van der Waals surface area contributed by atoms with Gasteiger partial charge in [-0.3, -0.25) is 9.69 Å². The number of benzene rings is 2. The summed E-state index contributed by atoms with van der Waals surface area (Å²) in [5.41, 5.74) is 1.21. The molecule has 1 amide bonds. The number of nitrogens with one attached hydrogen (secondary N) is 1. The molecule has 2 spiro atoms. The van der Waals surface area contributed by atoms with Crippen LogP contribution in [0.4, 0.5) is 0 Å². The summed E-state index contributed by atoms with van der Waals surface area (Å²) in [6.45, 7) is 2.51. The Morgan fingerprint density at radius 2 is 1.97 bits per heavy atom. The van der Waals surface area contributed by atoms with Gasteiger partial charge in [0.2, 0.25) is 5.91 Å². The Hall–Kier alpha value is -2.83. The number of nitrogens with zero attached hydrogens (tertiary/aromatic N) is 1. The van der Waals surface area contributed by atoms with Gasteiger partial charge in [0, 0.05) is 30.1 Å². The Morgan fingerprint density at radius 3 is 2.78 bits per heavy atom. The highest BCUT2D eigenvalue weighted by molar-refractivity contribution is 5.82. The van der Waals surface area contributed by atoms with Crippen LogP contribution in [0.15, 0.2) is 54.6 Å². The second-order valence-electron chi connectivity index (χ2n) is 12.0. The van der Waals surface area contributed by atoms with Crippen LogP contribution < -0.4 is 10.1 Å². The van der Waals surface area contributed by atoms with Crippen molar-refractivity contribution in [1.29, 1.82) is 0 Å². The molecule has 0 aromatic heterocycles. The first kappa shape index (κ1) is 21.3. The van der Waals surface area contributed by atoms with E-state index in [1.54, 1.807) is 6.07 Å². The quantitative estimate of drug-likeness (QED) is 0.569. The van der Waals surface area contributed by atoms with E-state index < -0.39 is 23.0 Å². The molecule has 2 heterocycles. The lowest BCUT2D eigenvalue weighted by Gasteiger charge is -2.70. The van der Waals surface area contributed by atoms with Gasteiger partial charge in [0.15, 0.2) is 11.5 Å². The minimum atomic E-state index is -1.42. The summed E-state index contributed by atoms with van der Waals surface area (Å²) in [6, 6.07) is 13.9. The fourth-order valence-electron chi connectivity index (χ4n) is 8.69. The highest BCUT2D eigenvalue weighted by Gasteiger charge is 2.79. The fraction of sp³-hybridized carbons (Fsp3) is 0.500. The van der Waals surface area contributed by atoms with E-state index in [9.17, 15) is 15.0 Å². The minimum absolute atomic E-state index is 0.124. The number of ether oxygens (including phenoxy) is 1. The maximum Gasteiger partial charge on any atom is 0.226 e. The van der Waals surface area contributed by atoms with Crippen LogP contribution in [0, 0.1) is 17.3 Å². The van der Waals surface area contributed by atoms with Gasteiger partial charge in [0.1, 0.15) is 11.7 Å². The van der Waals surface area contributed by atoms with Gasteiger partial charge in [-0.05, 0) is 61.8 Å². The summed E-state index contributed by atoms with van der Waals surface area (Å²) in [6.07, 6.45) is 8.52. The van der Waals surface area contributed by atoms with Crippen LogP contribution in [-0.4, -0.2) is 51.9 Å². The van der Waals surface area contributed by atoms with Gasteiger partial charge in [-0.1, -0.05) is 48.6 Å². The third-order valence-electron chi connectivity index (χ3n) is 10.4. The van der Waals surface area contributed by atoms with E-state index in [-0.39, 0.29) is 23.1 Å². The van der Waals surface area contributed by atoms with Crippen molar-refractivity contribution in [3.05, 3.63) is 71.3 Å². The molecule has 2 aliphatic heterocycles. The molecule has 5 aliphatic carbocycles. The Kier molecular flexibility index (Phi) is 4.09. The number of hydrogen-bond acceptors (Lipinski definition) is 5. The monoisotopic (exact) mass is 484 g/mol. The molecule has 6 heteroatoms. The molecule has 6 atom stereocenters. The zero-order valence-electron chi connectivity index (χ0n) is 20.3. The van der Waals surface area contributed by atoms with E-state index in [2.05, 4.69) is 22.4 Å². The van der Waals surface area contributed by atoms with E-state index >= 15 is 0 Å². The van der Waals surface area contributed by atoms with Gasteiger partial charge in [0.05, 0.1) is 11.3 Å². The van der Waals surface area contributed by atoms with Crippen molar-refractivity contribution in [3.8, 4) is 11.5 Å². The van der Waals surface area contributed by atoms with E-state index in [0.29, 0.717) is 18.7 Å². The van der Waals surface area contributed by atoms with Crippen molar-refractivity contribution in [3.63, 3.8) is 0 Å². The second kappa shape index (κ2) is 6.93. The zero-order valence-corrected chi connectivity index (χ0v) is 20.3. The molecule has 3 fully saturated rings. The van der Waals surface area contributed by atoms with Gasteiger partial charge >= 0.3 is 0 Å². The van der Waals surface area contributed by atoms with Crippen molar-refractivity contribution in [1.82, 2.24) is 10.2 Å². The first-order valence-corrected chi connectivity index (χ1v) is 13.5. The molecule has 2 aromatic carbocycles. The Bertz CT molecular complexity index is 1310. The smallest absolute Gasteiger partial charge is 0.226 e. The molecule has 9 rings (SSSR count). The zero-order chi connectivity index (χ0) is 24.3. The number of aliphatic hydroxyl groups is 1. The van der Waals surface area contributed by atoms with E-state index in [1.165, 1.54) is 18.4 Å². The van der Waals surface area contributed by atoms with E-state index in [1.807, 2.05) is 36.4 Å². The van der Waals surface area contributed by atoms with Crippen LogP contribution in [0.5, 0.6) is 11.5 Å². The lowest BCUT2D eigenvalue weighted by atomic mass is 9.37. The number of phenolic OH excluding ortho intramolecular Hbond substituents is 1. The van der Waals surface area contributed by atoms with Gasteiger partial charge in [-0.25, -0.2) is 0 Å². The minimum Gasteiger partial charge on any atom is -0.504 e. The average Bonchev–Trinajstić information content (AvgIpc) is 3.63. The Labute approximate surface area is 211 Å². The van der Waals surface area contributed by atoms with Crippen LogP contribution in [-0.2, 0) is 23.2 Å². The highest BCUT2D eigenvalue weighted by Crippen LogP contribution is 2.74. The number of rotatable bonds is 5. The summed E-state index contributed by atoms with van der Waals surface area (Å²) in [7, 11) is 0. The molecule has 36 heavy (non-hydrogen) atoms. The number of carbonyl (C=O) groups is 1. The molecule has 0 radical (unpaired) electrons. The molecule has 3 N–H and O–H groups in total. The molecule has 1 unspecified atom stereocenters. The standard InChI is InChI=1S/C30H32N2O4/c33-22-9-8-20-14-23-28-10-11-30(35,21(15-28)26(34)31-16-18-4-2-1-3-5-18)27-29(28,24(20)25(22)36-27)12-13-32(23)17-19-6-7-19/h1-5,8-11,19,21,23,27,33,35H,6-7,12-17H2,(H,31,34)/t21-,23-,27-,28-,29+,30?/m1/s1. The summed E-state index contributed by atoms with van der Waals surface area (Å²) < 4.78 is 6.56. The number of piperidine rings is 1. The molecular weight excluding hydrogens is 452 g/mol. The number of carbonyl (C=O) groups excluding carboxylic acids is 1. The van der Waals surface area contributed by atoms with Crippen LogP contribution in [0.3, 0.4) is 0 Å². The largest absolute Gasteiger partial charge is 0.504 e. The van der Waals surface area contributed by atoms with Crippen molar-refractivity contribution in [2.75, 3.05) is 13.1 Å². The number of likely N-dealkylation sites (tertiary alicyclic amines) is 1. The number of amides is 1. The van der Waals surface area contributed by atoms with Crippen molar-refractivity contribution in [2.24, 2.45) is 17.3 Å². The fourth-order valence-corrected chi connectivity index (χ4v) is 8.69. The molecule has 186 valence electrons. The van der Waals surface area contributed by atoms with Gasteiger partial charge in [0.25, 0.3) is 0 Å². The lowest BCUT2D eigenvalue weighted by Crippen LogP contribution is -2.79. The van der Waals surface area contributed by atoms with Crippen molar-refractivity contribution in [2.45, 2.75) is 61.8 Å². The molecule has 2 saturated carbocycles. The van der Waals surface area contributed by atoms with Gasteiger partial charge in [-0.15, -0.1) is 0 Å². The van der Waals surface area contributed by atoms with Crippen LogP contribution in [0.1, 0.15) is 42.4 Å². The average molecular weight is 485 g/mol. The van der Waals surface area contributed by atoms with Crippen molar-refractivity contribution >= 4 is 5.91 Å². The SMILES string of the molecule is O=C(NCc1ccccc1)[C@H]1C[C@@]23C=CC1(O)[C@@H]1Oc4c(O)ccc5c4[C@@]12CCN(CC1CC1)[C@@H]3C5. The predicted octanol–water partition coefficient (Wildman–Crippen LogP) is 3.06. The topological polar surface area (TPSA) is 82.0 Å². The number of aromatic hydroxyl groups is 1. The number of phenols is 1. The highest BCUT2D eigenvalue weighted by atomic mass is 16.5. The summed E-state index contributed by atoms with van der Waals surface area (Å²) in [5.74, 6) is 0.719.